The fourth-order valence-corrected chi connectivity index (χ4v) is 3.04. The Labute approximate surface area is 133 Å². The lowest BCUT2D eigenvalue weighted by Gasteiger charge is -2.07. The van der Waals surface area contributed by atoms with E-state index in [-0.39, 0.29) is 17.7 Å². The predicted octanol–water partition coefficient (Wildman–Crippen LogP) is 3.11. The van der Waals surface area contributed by atoms with E-state index in [4.69, 9.17) is 23.2 Å². The van der Waals surface area contributed by atoms with Gasteiger partial charge in [0.25, 0.3) is 0 Å². The largest absolute Gasteiger partial charge is 0.354 e. The van der Waals surface area contributed by atoms with Crippen molar-refractivity contribution >= 4 is 29.1 Å². The first-order chi connectivity index (χ1) is 10.1. The fraction of sp³-hybridized carbons (Fsp3) is 0.333. The third kappa shape index (κ3) is 3.39. The molecule has 0 radical (unpaired) electrons. The molecule has 0 bridgehead atoms. The van der Waals surface area contributed by atoms with Crippen LogP contribution in [0.1, 0.15) is 17.9 Å². The zero-order valence-corrected chi connectivity index (χ0v) is 12.8. The zero-order chi connectivity index (χ0) is 14.8. The standard InChI is InChI=1S/C15H15Cl2N3O/c16-10-1-2-11(14(17)7-10)12-8-13(12)15(21)19-4-6-20-5-3-18-9-20/h1-3,5,7,9,12-13H,4,6,8H2,(H,19,21)/t12-,13+/m1/s1. The van der Waals surface area contributed by atoms with Crippen molar-refractivity contribution in [1.29, 1.82) is 0 Å². The van der Waals surface area contributed by atoms with Crippen molar-refractivity contribution < 1.29 is 4.79 Å². The smallest absolute Gasteiger partial charge is 0.223 e. The topological polar surface area (TPSA) is 46.9 Å². The summed E-state index contributed by atoms with van der Waals surface area (Å²) in [4.78, 5) is 16.1. The van der Waals surface area contributed by atoms with Gasteiger partial charge < -0.3 is 9.88 Å². The maximum atomic E-state index is 12.1. The molecule has 110 valence electrons. The Bertz CT molecular complexity index is 642. The lowest BCUT2D eigenvalue weighted by atomic mass is 10.1. The third-order valence-corrected chi connectivity index (χ3v) is 4.28. The van der Waals surface area contributed by atoms with Crippen molar-refractivity contribution in [2.24, 2.45) is 5.92 Å². The van der Waals surface area contributed by atoms with Gasteiger partial charge in [0.2, 0.25) is 5.91 Å². The summed E-state index contributed by atoms with van der Waals surface area (Å²) in [5, 5.41) is 4.21. The van der Waals surface area contributed by atoms with Gasteiger partial charge in [0.05, 0.1) is 6.33 Å². The maximum absolute atomic E-state index is 12.1. The molecular formula is C15H15Cl2N3O. The van der Waals surface area contributed by atoms with Crippen molar-refractivity contribution in [1.82, 2.24) is 14.9 Å². The molecular weight excluding hydrogens is 309 g/mol. The third-order valence-electron chi connectivity index (χ3n) is 3.72. The van der Waals surface area contributed by atoms with Crippen LogP contribution in [0, 0.1) is 5.92 Å². The van der Waals surface area contributed by atoms with Gasteiger partial charge in [-0.15, -0.1) is 0 Å². The molecule has 1 aromatic carbocycles. The normalized spacial score (nSPS) is 20.3. The van der Waals surface area contributed by atoms with Gasteiger partial charge in [0.15, 0.2) is 0 Å². The Morgan fingerprint density at radius 1 is 1.43 bits per heavy atom. The van der Waals surface area contributed by atoms with Crippen molar-refractivity contribution in [3.05, 3.63) is 52.5 Å². The molecule has 1 fully saturated rings. The first-order valence-corrected chi connectivity index (χ1v) is 7.59. The van der Waals surface area contributed by atoms with Gasteiger partial charge in [-0.2, -0.15) is 0 Å². The van der Waals surface area contributed by atoms with Crippen molar-refractivity contribution in [3.63, 3.8) is 0 Å². The number of aromatic nitrogens is 2. The number of hydrogen-bond donors (Lipinski definition) is 1. The Morgan fingerprint density at radius 3 is 3.00 bits per heavy atom. The summed E-state index contributed by atoms with van der Waals surface area (Å²) in [5.41, 5.74) is 1.01. The van der Waals surface area contributed by atoms with Gasteiger partial charge >= 0.3 is 0 Å². The highest BCUT2D eigenvalue weighted by molar-refractivity contribution is 6.35. The van der Waals surface area contributed by atoms with Gasteiger partial charge in [-0.1, -0.05) is 29.3 Å². The Kier molecular flexibility index (Phi) is 4.17. The number of carbonyl (C=O) groups is 1. The number of carbonyl (C=O) groups excluding carboxylic acids is 1. The van der Waals surface area contributed by atoms with Crippen LogP contribution in [0.3, 0.4) is 0 Å². The molecule has 0 saturated heterocycles. The minimum atomic E-state index is 0.0199. The number of nitrogens with zero attached hydrogens (tertiary/aromatic N) is 2. The van der Waals surface area contributed by atoms with Gasteiger partial charge in [-0.05, 0) is 30.0 Å². The van der Waals surface area contributed by atoms with E-state index in [1.54, 1.807) is 18.6 Å². The molecule has 0 aliphatic heterocycles. The van der Waals surface area contributed by atoms with E-state index < -0.39 is 0 Å². The summed E-state index contributed by atoms with van der Waals surface area (Å²) < 4.78 is 1.93. The molecule has 1 aliphatic carbocycles. The number of amides is 1. The van der Waals surface area contributed by atoms with Crippen LogP contribution >= 0.6 is 23.2 Å². The van der Waals surface area contributed by atoms with Crippen LogP contribution in [0.5, 0.6) is 0 Å². The highest BCUT2D eigenvalue weighted by Crippen LogP contribution is 2.49. The van der Waals surface area contributed by atoms with Crippen LogP contribution in [0.2, 0.25) is 10.0 Å². The van der Waals surface area contributed by atoms with E-state index in [0.717, 1.165) is 18.5 Å². The van der Waals surface area contributed by atoms with Crippen LogP contribution in [-0.2, 0) is 11.3 Å². The van der Waals surface area contributed by atoms with E-state index in [1.165, 1.54) is 0 Å². The van der Waals surface area contributed by atoms with Crippen LogP contribution in [0.15, 0.2) is 36.9 Å². The number of imidazole rings is 1. The van der Waals surface area contributed by atoms with E-state index >= 15 is 0 Å². The van der Waals surface area contributed by atoms with Crippen LogP contribution < -0.4 is 5.32 Å². The van der Waals surface area contributed by atoms with E-state index in [1.807, 2.05) is 22.9 Å². The second kappa shape index (κ2) is 6.08. The van der Waals surface area contributed by atoms with Gasteiger partial charge in [0, 0.05) is 41.4 Å². The van der Waals surface area contributed by atoms with E-state index in [9.17, 15) is 4.79 Å². The molecule has 1 heterocycles. The minimum Gasteiger partial charge on any atom is -0.354 e. The number of rotatable bonds is 5. The molecule has 6 heteroatoms. The number of nitrogens with one attached hydrogen (secondary N) is 1. The molecule has 2 atom stereocenters. The Hall–Kier alpha value is -1.52. The average molecular weight is 324 g/mol. The van der Waals surface area contributed by atoms with Gasteiger partial charge in [0.1, 0.15) is 0 Å². The first kappa shape index (κ1) is 14.4. The molecule has 1 amide bonds. The second-order valence-electron chi connectivity index (χ2n) is 5.21. The van der Waals surface area contributed by atoms with Crippen molar-refractivity contribution in [3.8, 4) is 0 Å². The average Bonchev–Trinajstić information content (AvgIpc) is 3.06. The quantitative estimate of drug-likeness (QED) is 0.919. The molecule has 0 spiro atoms. The summed E-state index contributed by atoms with van der Waals surface area (Å²) in [5.74, 6) is 0.320. The van der Waals surface area contributed by atoms with E-state index in [2.05, 4.69) is 10.3 Å². The predicted molar refractivity (Wildman–Crippen MR) is 82.5 cm³/mol. The molecule has 1 aromatic heterocycles. The maximum Gasteiger partial charge on any atom is 0.223 e. The Morgan fingerprint density at radius 2 is 2.29 bits per heavy atom. The fourth-order valence-electron chi connectivity index (χ4n) is 2.49. The summed E-state index contributed by atoms with van der Waals surface area (Å²) in [6, 6.07) is 5.45. The van der Waals surface area contributed by atoms with Crippen LogP contribution in [-0.4, -0.2) is 22.0 Å². The summed E-state index contributed by atoms with van der Waals surface area (Å²) in [7, 11) is 0. The molecule has 3 rings (SSSR count). The molecule has 21 heavy (non-hydrogen) atoms. The molecule has 1 aliphatic rings. The highest BCUT2D eigenvalue weighted by atomic mass is 35.5. The number of halogens is 2. The molecule has 2 aromatic rings. The minimum absolute atomic E-state index is 0.0199. The van der Waals surface area contributed by atoms with Crippen molar-refractivity contribution in [2.75, 3.05) is 6.54 Å². The van der Waals surface area contributed by atoms with Crippen molar-refractivity contribution in [2.45, 2.75) is 18.9 Å². The lowest BCUT2D eigenvalue weighted by molar-refractivity contribution is -0.122. The highest BCUT2D eigenvalue weighted by Gasteiger charge is 2.44. The van der Waals surface area contributed by atoms with Gasteiger partial charge in [-0.25, -0.2) is 4.98 Å². The lowest BCUT2D eigenvalue weighted by Crippen LogP contribution is -2.28. The monoisotopic (exact) mass is 323 g/mol. The number of hydrogen-bond acceptors (Lipinski definition) is 2. The summed E-state index contributed by atoms with van der Waals surface area (Å²) >= 11 is 12.1. The summed E-state index contributed by atoms with van der Waals surface area (Å²) in [6.45, 7) is 1.33. The van der Waals surface area contributed by atoms with Crippen LogP contribution in [0.4, 0.5) is 0 Å². The molecule has 4 nitrogen and oxygen atoms in total. The molecule has 1 N–H and O–H groups in total. The molecule has 0 unspecified atom stereocenters. The number of benzene rings is 1. The Balaban J connectivity index is 1.51. The van der Waals surface area contributed by atoms with Gasteiger partial charge in [-0.3, -0.25) is 4.79 Å². The molecule has 1 saturated carbocycles. The zero-order valence-electron chi connectivity index (χ0n) is 11.3. The SMILES string of the molecule is O=C(NCCn1ccnc1)[C@H]1C[C@@H]1c1ccc(Cl)cc1Cl. The second-order valence-corrected chi connectivity index (χ2v) is 6.05. The summed E-state index contributed by atoms with van der Waals surface area (Å²) in [6.07, 6.45) is 6.18. The van der Waals surface area contributed by atoms with E-state index in [0.29, 0.717) is 16.6 Å². The first-order valence-electron chi connectivity index (χ1n) is 6.83. The van der Waals surface area contributed by atoms with Crippen LogP contribution in [0.25, 0.3) is 0 Å².